The zero-order chi connectivity index (χ0) is 25.0. The number of benzene rings is 2. The molecule has 0 aliphatic carbocycles. The van der Waals surface area contributed by atoms with Crippen LogP contribution in [0.25, 0.3) is 0 Å². The fourth-order valence-corrected chi connectivity index (χ4v) is 3.63. The number of nitrogens with zero attached hydrogens (tertiary/aromatic N) is 2. The number of amides is 1. The first-order valence-corrected chi connectivity index (χ1v) is 11.1. The molecule has 0 radical (unpaired) electrons. The summed E-state index contributed by atoms with van der Waals surface area (Å²) in [5.41, 5.74) is 2.19. The van der Waals surface area contributed by atoms with Gasteiger partial charge in [-0.05, 0) is 46.7 Å². The largest absolute Gasteiger partial charge is 0.507 e. The van der Waals surface area contributed by atoms with Gasteiger partial charge in [-0.1, -0.05) is 45.9 Å². The summed E-state index contributed by atoms with van der Waals surface area (Å²) < 4.78 is 20.4. The van der Waals surface area contributed by atoms with E-state index in [1.807, 2.05) is 33.8 Å². The van der Waals surface area contributed by atoms with Crippen molar-refractivity contribution in [2.24, 2.45) is 7.05 Å². The van der Waals surface area contributed by atoms with Gasteiger partial charge in [0.05, 0.1) is 0 Å². The lowest BCUT2D eigenvalue weighted by Gasteiger charge is -2.19. The third-order valence-electron chi connectivity index (χ3n) is 5.63. The number of nitrogens with one attached hydrogen (secondary N) is 1. The maximum atomic E-state index is 13.4. The van der Waals surface area contributed by atoms with E-state index in [-0.39, 0.29) is 23.1 Å². The molecule has 0 saturated heterocycles. The number of hydrogen-bond donors (Lipinski definition) is 2. The molecule has 0 spiro atoms. The van der Waals surface area contributed by atoms with Gasteiger partial charge in [0.15, 0.2) is 6.61 Å². The lowest BCUT2D eigenvalue weighted by molar-refractivity contribution is -0.124. The van der Waals surface area contributed by atoms with Crippen molar-refractivity contribution in [2.45, 2.75) is 45.6 Å². The van der Waals surface area contributed by atoms with E-state index in [0.717, 1.165) is 5.56 Å². The number of halogens is 1. The van der Waals surface area contributed by atoms with Crippen molar-refractivity contribution in [2.75, 3.05) is 6.61 Å². The summed E-state index contributed by atoms with van der Waals surface area (Å²) in [6.45, 7) is 7.28. The van der Waals surface area contributed by atoms with Crippen LogP contribution in [0.4, 0.5) is 4.39 Å². The van der Waals surface area contributed by atoms with Crippen LogP contribution >= 0.6 is 0 Å². The minimum Gasteiger partial charge on any atom is -0.507 e. The Hall–Kier alpha value is -3.68. The van der Waals surface area contributed by atoms with Gasteiger partial charge in [0.2, 0.25) is 0 Å². The first-order chi connectivity index (χ1) is 16.1. The predicted octanol–water partition coefficient (Wildman–Crippen LogP) is 4.57. The molecule has 1 amide bonds. The summed E-state index contributed by atoms with van der Waals surface area (Å²) in [5, 5.41) is 13.4. The van der Waals surface area contributed by atoms with Crippen LogP contribution in [0.3, 0.4) is 0 Å². The topological polar surface area (TPSA) is 93.5 Å². The Balaban J connectivity index is 1.77. The Morgan fingerprint density at radius 1 is 1.09 bits per heavy atom. The standard InChI is InChI=1S/C26H30FN3O4/c1-15(2)18-12-20(16(3)4)24(32)21(13-18)26(33)34-14-22(31)29-23(25-28-10-11-30(25)5)17-6-8-19(27)9-7-17/h6-13,15-16,23,32H,14H2,1-5H3,(H,29,31)/t23-/m1/s1. The molecular weight excluding hydrogens is 437 g/mol. The lowest BCUT2D eigenvalue weighted by Crippen LogP contribution is -2.34. The normalized spacial score (nSPS) is 12.1. The molecule has 3 rings (SSSR count). The number of ether oxygens (including phenoxy) is 1. The molecule has 2 N–H and O–H groups in total. The van der Waals surface area contributed by atoms with Crippen molar-refractivity contribution in [3.8, 4) is 5.75 Å². The highest BCUT2D eigenvalue weighted by molar-refractivity contribution is 5.94. The number of phenolic OH excluding ortho intramolecular Hbond substituents is 1. The van der Waals surface area contributed by atoms with E-state index < -0.39 is 30.3 Å². The van der Waals surface area contributed by atoms with Gasteiger partial charge in [-0.2, -0.15) is 0 Å². The number of carbonyl (C=O) groups excluding carboxylic acids is 2. The highest BCUT2D eigenvalue weighted by Crippen LogP contribution is 2.33. The first kappa shape index (κ1) is 25.0. The van der Waals surface area contributed by atoms with Crippen molar-refractivity contribution in [3.05, 3.63) is 82.7 Å². The van der Waals surface area contributed by atoms with Crippen LogP contribution in [-0.2, 0) is 16.6 Å². The van der Waals surface area contributed by atoms with Gasteiger partial charge in [0, 0.05) is 19.4 Å². The van der Waals surface area contributed by atoms with Gasteiger partial charge in [-0.25, -0.2) is 14.2 Å². The Morgan fingerprint density at radius 3 is 2.32 bits per heavy atom. The first-order valence-electron chi connectivity index (χ1n) is 11.1. The second-order valence-electron chi connectivity index (χ2n) is 8.84. The monoisotopic (exact) mass is 467 g/mol. The molecule has 1 atom stereocenters. The second-order valence-corrected chi connectivity index (χ2v) is 8.84. The van der Waals surface area contributed by atoms with Crippen molar-refractivity contribution in [1.82, 2.24) is 14.9 Å². The molecule has 0 saturated carbocycles. The number of aromatic hydroxyl groups is 1. The van der Waals surface area contributed by atoms with E-state index in [4.69, 9.17) is 4.74 Å². The lowest BCUT2D eigenvalue weighted by atomic mass is 9.92. The van der Waals surface area contributed by atoms with E-state index in [2.05, 4.69) is 10.3 Å². The van der Waals surface area contributed by atoms with E-state index in [9.17, 15) is 19.1 Å². The van der Waals surface area contributed by atoms with Gasteiger partial charge in [0.25, 0.3) is 5.91 Å². The molecule has 0 aliphatic rings. The second kappa shape index (κ2) is 10.5. The molecule has 3 aromatic rings. The number of carbonyl (C=O) groups is 2. The molecule has 0 unspecified atom stereocenters. The summed E-state index contributed by atoms with van der Waals surface area (Å²) in [6.07, 6.45) is 3.32. The van der Waals surface area contributed by atoms with Crippen LogP contribution in [0.15, 0.2) is 48.8 Å². The quantitative estimate of drug-likeness (QED) is 0.473. The Morgan fingerprint density at radius 2 is 1.76 bits per heavy atom. The van der Waals surface area contributed by atoms with Crippen LogP contribution in [0, 0.1) is 5.82 Å². The van der Waals surface area contributed by atoms with Crippen molar-refractivity contribution < 1.29 is 23.8 Å². The number of imidazole rings is 1. The molecule has 8 heteroatoms. The summed E-state index contributed by atoms with van der Waals surface area (Å²) in [4.78, 5) is 29.8. The SMILES string of the molecule is CC(C)c1cc(C(=O)OCC(=O)N[C@H](c2ccc(F)cc2)c2nccn2C)c(O)c(C(C)C)c1. The average molecular weight is 468 g/mol. The molecule has 34 heavy (non-hydrogen) atoms. The van der Waals surface area contributed by atoms with Gasteiger partial charge < -0.3 is 19.7 Å². The van der Waals surface area contributed by atoms with Crippen molar-refractivity contribution >= 4 is 11.9 Å². The van der Waals surface area contributed by atoms with Crippen molar-refractivity contribution in [1.29, 1.82) is 0 Å². The molecule has 0 fully saturated rings. The number of aryl methyl sites for hydroxylation is 1. The minimum atomic E-state index is -0.785. The zero-order valence-corrected chi connectivity index (χ0v) is 20.0. The molecule has 7 nitrogen and oxygen atoms in total. The summed E-state index contributed by atoms with van der Waals surface area (Å²) in [7, 11) is 1.78. The number of aromatic nitrogens is 2. The fraction of sp³-hybridized carbons (Fsp3) is 0.346. The van der Waals surface area contributed by atoms with Crippen LogP contribution in [0.5, 0.6) is 5.75 Å². The Labute approximate surface area is 198 Å². The molecule has 2 aromatic carbocycles. The smallest absolute Gasteiger partial charge is 0.342 e. The molecule has 1 aromatic heterocycles. The Bertz CT molecular complexity index is 1170. The highest BCUT2D eigenvalue weighted by atomic mass is 19.1. The van der Waals surface area contributed by atoms with Gasteiger partial charge in [-0.3, -0.25) is 4.79 Å². The van der Waals surface area contributed by atoms with Gasteiger partial charge in [0.1, 0.15) is 29.0 Å². The maximum absolute atomic E-state index is 13.4. The molecule has 180 valence electrons. The third-order valence-corrected chi connectivity index (χ3v) is 5.63. The summed E-state index contributed by atoms with van der Waals surface area (Å²) in [6, 6.07) is 8.53. The summed E-state index contributed by atoms with van der Waals surface area (Å²) in [5.74, 6) is -1.20. The van der Waals surface area contributed by atoms with Gasteiger partial charge >= 0.3 is 5.97 Å². The van der Waals surface area contributed by atoms with Crippen LogP contribution in [0.2, 0.25) is 0 Å². The molecule has 1 heterocycles. The number of rotatable bonds is 8. The fourth-order valence-electron chi connectivity index (χ4n) is 3.63. The number of hydrogen-bond acceptors (Lipinski definition) is 5. The summed E-state index contributed by atoms with van der Waals surface area (Å²) >= 11 is 0. The van der Waals surface area contributed by atoms with Crippen LogP contribution in [-0.4, -0.2) is 33.1 Å². The average Bonchev–Trinajstić information content (AvgIpc) is 3.21. The van der Waals surface area contributed by atoms with E-state index >= 15 is 0 Å². The third kappa shape index (κ3) is 5.62. The predicted molar refractivity (Wildman–Crippen MR) is 126 cm³/mol. The van der Waals surface area contributed by atoms with E-state index in [1.165, 1.54) is 12.1 Å². The molecule has 0 aliphatic heterocycles. The number of phenols is 1. The van der Waals surface area contributed by atoms with E-state index in [0.29, 0.717) is 17.0 Å². The van der Waals surface area contributed by atoms with Crippen LogP contribution in [0.1, 0.15) is 78.4 Å². The van der Waals surface area contributed by atoms with Crippen molar-refractivity contribution in [3.63, 3.8) is 0 Å². The zero-order valence-electron chi connectivity index (χ0n) is 20.0. The maximum Gasteiger partial charge on any atom is 0.342 e. The highest BCUT2D eigenvalue weighted by Gasteiger charge is 2.24. The van der Waals surface area contributed by atoms with E-state index in [1.54, 1.807) is 42.2 Å². The van der Waals surface area contributed by atoms with Gasteiger partial charge in [-0.15, -0.1) is 0 Å². The molecular formula is C26H30FN3O4. The van der Waals surface area contributed by atoms with Crippen LogP contribution < -0.4 is 5.32 Å². The molecule has 0 bridgehead atoms. The number of esters is 1. The Kier molecular flexibility index (Phi) is 7.71. The minimum absolute atomic E-state index is 0.00259.